The average molecular weight is 624 g/mol. The van der Waals surface area contributed by atoms with Crippen LogP contribution >= 0.6 is 0 Å². The van der Waals surface area contributed by atoms with E-state index in [4.69, 9.17) is 0 Å². The van der Waals surface area contributed by atoms with Gasteiger partial charge in [-0.05, 0) is 112 Å². The quantitative estimate of drug-likeness (QED) is 0.220. The first-order valence-electron chi connectivity index (χ1n) is 15.3. The third-order valence-corrected chi connectivity index (χ3v) is 8.42. The summed E-state index contributed by atoms with van der Waals surface area (Å²) in [5.74, 6) is -1.31. The number of pyridine rings is 1. The molecule has 0 aliphatic carbocycles. The van der Waals surface area contributed by atoms with Gasteiger partial charge >= 0.3 is 0 Å². The van der Waals surface area contributed by atoms with Gasteiger partial charge in [0.15, 0.2) is 5.78 Å². The first-order valence-corrected chi connectivity index (χ1v) is 15.3. The summed E-state index contributed by atoms with van der Waals surface area (Å²) in [4.78, 5) is 55.3. The summed E-state index contributed by atoms with van der Waals surface area (Å²) in [6.07, 6.45) is 2.06. The Bertz CT molecular complexity index is 1840. The second-order valence-electron chi connectivity index (χ2n) is 11.6. The molecule has 2 amide bonds. The Morgan fingerprint density at radius 1 is 0.870 bits per heavy atom. The van der Waals surface area contributed by atoms with Crippen LogP contribution in [0.5, 0.6) is 0 Å². The van der Waals surface area contributed by atoms with E-state index >= 15 is 0 Å². The number of halogens is 1. The molecule has 1 saturated heterocycles. The predicted octanol–water partition coefficient (Wildman–Crippen LogP) is 4.75. The maximum Gasteiger partial charge on any atom is 0.275 e. The Morgan fingerprint density at radius 2 is 1.57 bits per heavy atom. The lowest BCUT2D eigenvalue weighted by atomic mass is 9.98. The van der Waals surface area contributed by atoms with E-state index in [1.165, 1.54) is 24.3 Å². The number of aromatic nitrogens is 1. The minimum absolute atomic E-state index is 0.0779. The highest BCUT2D eigenvalue weighted by Gasteiger charge is 2.21. The van der Waals surface area contributed by atoms with Gasteiger partial charge in [-0.2, -0.15) is 0 Å². The van der Waals surface area contributed by atoms with Crippen molar-refractivity contribution in [1.29, 1.82) is 0 Å². The summed E-state index contributed by atoms with van der Waals surface area (Å²) in [5.41, 5.74) is 4.52. The molecule has 0 saturated carbocycles. The highest BCUT2D eigenvalue weighted by Crippen LogP contribution is 2.29. The fourth-order valence-electron chi connectivity index (χ4n) is 5.63. The first-order chi connectivity index (χ1) is 22.1. The Balaban J connectivity index is 1.66. The van der Waals surface area contributed by atoms with Crippen LogP contribution < -0.4 is 26.4 Å². The third-order valence-electron chi connectivity index (χ3n) is 8.42. The van der Waals surface area contributed by atoms with E-state index in [1.54, 1.807) is 55.9 Å². The second-order valence-corrected chi connectivity index (χ2v) is 11.6. The maximum atomic E-state index is 14.1. The lowest BCUT2D eigenvalue weighted by molar-refractivity contribution is -0.117. The summed E-state index contributed by atoms with van der Waals surface area (Å²) in [6, 6.07) is 19.1. The van der Waals surface area contributed by atoms with Crippen LogP contribution in [0.2, 0.25) is 0 Å². The third kappa shape index (κ3) is 6.92. The van der Waals surface area contributed by atoms with E-state index < -0.39 is 17.4 Å². The summed E-state index contributed by atoms with van der Waals surface area (Å²) in [6.45, 7) is 5.36. The van der Waals surface area contributed by atoms with Gasteiger partial charge in [0.2, 0.25) is 5.91 Å². The monoisotopic (exact) mass is 623 g/mol. The maximum absolute atomic E-state index is 14.1. The van der Waals surface area contributed by atoms with E-state index in [1.807, 2.05) is 25.1 Å². The molecule has 0 unspecified atom stereocenters. The number of carbonyl (C=O) groups is 3. The number of likely N-dealkylation sites (N-methyl/N-ethyl adjacent to an activating group) is 1. The van der Waals surface area contributed by atoms with Crippen molar-refractivity contribution in [2.24, 2.45) is 0 Å². The molecule has 46 heavy (non-hydrogen) atoms. The molecule has 3 N–H and O–H groups in total. The molecule has 1 fully saturated rings. The Morgan fingerprint density at radius 3 is 2.24 bits per heavy atom. The molecule has 4 aromatic rings. The van der Waals surface area contributed by atoms with Crippen LogP contribution in [0, 0.1) is 12.7 Å². The molecule has 0 bridgehead atoms. The van der Waals surface area contributed by atoms with E-state index in [2.05, 4.69) is 20.9 Å². The Labute approximate surface area is 267 Å². The minimum atomic E-state index is -0.531. The van der Waals surface area contributed by atoms with Crippen LogP contribution in [-0.2, 0) is 11.3 Å². The zero-order chi connectivity index (χ0) is 33.0. The fraction of sp³-hybridized carbons (Fsp3) is 0.278. The van der Waals surface area contributed by atoms with Crippen molar-refractivity contribution < 1.29 is 18.8 Å². The molecular formula is C36H38FN5O4. The van der Waals surface area contributed by atoms with Crippen LogP contribution in [0.25, 0.3) is 11.3 Å². The summed E-state index contributed by atoms with van der Waals surface area (Å²) < 4.78 is 15.2. The number of carbonyl (C=O) groups excluding carboxylic acids is 3. The molecule has 1 atom stereocenters. The largest absolute Gasteiger partial charge is 0.372 e. The van der Waals surface area contributed by atoms with Gasteiger partial charge in [-0.3, -0.25) is 19.2 Å². The predicted molar refractivity (Wildman–Crippen MR) is 178 cm³/mol. The molecule has 3 aromatic carbocycles. The molecule has 1 aliphatic heterocycles. The van der Waals surface area contributed by atoms with Gasteiger partial charge in [-0.1, -0.05) is 6.07 Å². The summed E-state index contributed by atoms with van der Waals surface area (Å²) in [7, 11) is 3.21. The zero-order valence-corrected chi connectivity index (χ0v) is 26.4. The van der Waals surface area contributed by atoms with Gasteiger partial charge in [-0.25, -0.2) is 4.39 Å². The standard InChI is InChI=1S/C36H38FN5O4/c1-22-7-8-26(35(45)39-4)20-30(22)32-14-13-31(40-34(44)23(2)38-3)36(46)42(32)21-24-17-27(19-29(18-24)41-15-5-6-16-41)33(43)25-9-11-28(37)12-10-25/h7-14,17-20,23,38H,5-6,15-16,21H2,1-4H3,(H,39,45)(H,40,44)/t23-/m0/s1. The van der Waals surface area contributed by atoms with E-state index in [-0.39, 0.29) is 29.8 Å². The number of rotatable bonds is 10. The molecule has 9 nitrogen and oxygen atoms in total. The first kappa shape index (κ1) is 32.3. The number of anilines is 2. The summed E-state index contributed by atoms with van der Waals surface area (Å²) in [5, 5.41) is 8.26. The number of hydrogen-bond acceptors (Lipinski definition) is 6. The number of amides is 2. The summed E-state index contributed by atoms with van der Waals surface area (Å²) >= 11 is 0. The average Bonchev–Trinajstić information content (AvgIpc) is 3.61. The van der Waals surface area contributed by atoms with Crippen molar-refractivity contribution in [2.45, 2.75) is 39.3 Å². The van der Waals surface area contributed by atoms with Gasteiger partial charge < -0.3 is 25.4 Å². The highest BCUT2D eigenvalue weighted by atomic mass is 19.1. The van der Waals surface area contributed by atoms with Gasteiger partial charge in [0.25, 0.3) is 11.5 Å². The van der Waals surface area contributed by atoms with Gasteiger partial charge in [0.1, 0.15) is 11.5 Å². The van der Waals surface area contributed by atoms with Crippen molar-refractivity contribution >= 4 is 29.0 Å². The van der Waals surface area contributed by atoms with Gasteiger partial charge in [-0.15, -0.1) is 0 Å². The second kappa shape index (κ2) is 13.9. The number of aryl methyl sites for hydroxylation is 1. The van der Waals surface area contributed by atoms with Crippen molar-refractivity contribution in [3.8, 4) is 11.3 Å². The lowest BCUT2D eigenvalue weighted by Crippen LogP contribution is -2.37. The lowest BCUT2D eigenvalue weighted by Gasteiger charge is -2.22. The molecule has 0 spiro atoms. The minimum Gasteiger partial charge on any atom is -0.372 e. The molecule has 10 heteroatoms. The molecule has 1 aromatic heterocycles. The topological polar surface area (TPSA) is 113 Å². The SMILES string of the molecule is CNC(=O)c1ccc(C)c(-c2ccc(NC(=O)[C@H](C)NC)c(=O)n2Cc2cc(C(=O)c3ccc(F)cc3)cc(N3CCCC3)c2)c1. The van der Waals surface area contributed by atoms with E-state index in [0.29, 0.717) is 33.5 Å². The molecule has 238 valence electrons. The smallest absolute Gasteiger partial charge is 0.275 e. The van der Waals surface area contributed by atoms with E-state index in [9.17, 15) is 23.6 Å². The zero-order valence-electron chi connectivity index (χ0n) is 26.4. The van der Waals surface area contributed by atoms with Crippen LogP contribution in [0.3, 0.4) is 0 Å². The number of hydrogen-bond donors (Lipinski definition) is 3. The number of benzene rings is 3. The normalized spacial score (nSPS) is 13.4. The van der Waals surface area contributed by atoms with Crippen LogP contribution in [-0.4, -0.2) is 55.4 Å². The molecule has 0 radical (unpaired) electrons. The van der Waals surface area contributed by atoms with Gasteiger partial charge in [0.05, 0.1) is 18.3 Å². The van der Waals surface area contributed by atoms with Crippen molar-refractivity contribution in [2.75, 3.05) is 37.4 Å². The van der Waals surface area contributed by atoms with Crippen molar-refractivity contribution in [1.82, 2.24) is 15.2 Å². The van der Waals surface area contributed by atoms with Crippen LogP contribution in [0.15, 0.2) is 77.6 Å². The molecule has 1 aliphatic rings. The van der Waals surface area contributed by atoms with Crippen molar-refractivity contribution in [3.63, 3.8) is 0 Å². The molecular weight excluding hydrogens is 585 g/mol. The Kier molecular flexibility index (Phi) is 9.77. The molecule has 5 rings (SSSR count). The number of nitrogens with one attached hydrogen (secondary N) is 3. The van der Waals surface area contributed by atoms with Crippen LogP contribution in [0.1, 0.15) is 57.2 Å². The van der Waals surface area contributed by atoms with Crippen molar-refractivity contribution in [3.05, 3.63) is 117 Å². The molecule has 2 heterocycles. The fourth-order valence-corrected chi connectivity index (χ4v) is 5.63. The van der Waals surface area contributed by atoms with Crippen LogP contribution in [0.4, 0.5) is 15.8 Å². The van der Waals surface area contributed by atoms with E-state index in [0.717, 1.165) is 37.2 Å². The van der Waals surface area contributed by atoms with Gasteiger partial charge in [0, 0.05) is 48.1 Å². The highest BCUT2D eigenvalue weighted by molar-refractivity contribution is 6.09. The Hall–Kier alpha value is -5.09. The number of ketones is 1. The number of nitrogens with zero attached hydrogens (tertiary/aromatic N) is 2.